The molecule has 2 aromatic rings. The van der Waals surface area contributed by atoms with Crippen LogP contribution in [0.5, 0.6) is 0 Å². The number of nitrogens with zero attached hydrogens (tertiary/aromatic N) is 2. The normalized spacial score (nSPS) is 31.3. The lowest BCUT2D eigenvalue weighted by Gasteiger charge is -2.53. The van der Waals surface area contributed by atoms with E-state index in [0.29, 0.717) is 11.8 Å². The van der Waals surface area contributed by atoms with Crippen LogP contribution >= 0.6 is 0 Å². The summed E-state index contributed by atoms with van der Waals surface area (Å²) in [5, 5.41) is 0. The second kappa shape index (κ2) is 8.13. The lowest BCUT2D eigenvalue weighted by atomic mass is 9.54. The summed E-state index contributed by atoms with van der Waals surface area (Å²) in [6, 6.07) is 18.9. The van der Waals surface area contributed by atoms with Gasteiger partial charge in [0.25, 0.3) is 0 Å². The van der Waals surface area contributed by atoms with Crippen LogP contribution in [0.3, 0.4) is 0 Å². The molecule has 30 heavy (non-hydrogen) atoms. The van der Waals surface area contributed by atoms with Crippen molar-refractivity contribution in [2.45, 2.75) is 50.4 Å². The van der Waals surface area contributed by atoms with Crippen molar-refractivity contribution in [3.63, 3.8) is 0 Å². The Morgan fingerprint density at radius 3 is 1.17 bits per heavy atom. The molecule has 3 aliphatic carbocycles. The van der Waals surface area contributed by atoms with Gasteiger partial charge in [-0.05, 0) is 86.0 Å². The monoisotopic (exact) mass is 400 g/mol. The van der Waals surface area contributed by atoms with Gasteiger partial charge in [-0.1, -0.05) is 61.4 Å². The van der Waals surface area contributed by atoms with Gasteiger partial charge >= 0.3 is 0 Å². The van der Waals surface area contributed by atoms with Crippen LogP contribution in [-0.4, -0.2) is 49.1 Å². The maximum atomic E-state index is 2.81. The quantitative estimate of drug-likeness (QED) is 0.670. The molecule has 2 fully saturated rings. The van der Waals surface area contributed by atoms with Crippen molar-refractivity contribution >= 4 is 0 Å². The lowest BCUT2D eigenvalue weighted by Crippen LogP contribution is -2.50. The number of hydrogen-bond donors (Lipinski definition) is 0. The molecule has 2 atom stereocenters. The zero-order valence-electron chi connectivity index (χ0n) is 18.3. The Morgan fingerprint density at radius 1 is 0.500 bits per heavy atom. The number of piperidine rings is 2. The summed E-state index contributed by atoms with van der Waals surface area (Å²) >= 11 is 0. The Hall–Kier alpha value is -1.64. The third-order valence-electron chi connectivity index (χ3n) is 8.57. The van der Waals surface area contributed by atoms with Gasteiger partial charge < -0.3 is 9.80 Å². The Morgan fingerprint density at radius 2 is 0.833 bits per heavy atom. The van der Waals surface area contributed by atoms with Crippen LogP contribution in [0, 0.1) is 11.8 Å². The van der Waals surface area contributed by atoms with Gasteiger partial charge in [-0.15, -0.1) is 0 Å². The summed E-state index contributed by atoms with van der Waals surface area (Å²) in [7, 11) is 0. The molecule has 2 bridgehead atoms. The first kappa shape index (κ1) is 19.1. The molecule has 0 amide bonds. The first-order chi connectivity index (χ1) is 14.9. The highest BCUT2D eigenvalue weighted by Crippen LogP contribution is 2.58. The molecule has 0 unspecified atom stereocenters. The minimum absolute atomic E-state index is 0.583. The Balaban J connectivity index is 1.42. The van der Waals surface area contributed by atoms with E-state index in [4.69, 9.17) is 0 Å². The number of likely N-dealkylation sites (tertiary alicyclic amines) is 2. The topological polar surface area (TPSA) is 6.48 Å². The fourth-order valence-electron chi connectivity index (χ4n) is 7.27. The van der Waals surface area contributed by atoms with E-state index in [9.17, 15) is 0 Å². The van der Waals surface area contributed by atoms with Crippen molar-refractivity contribution in [3.8, 4) is 0 Å². The molecule has 2 saturated heterocycles. The molecule has 7 rings (SSSR count). The number of benzene rings is 2. The van der Waals surface area contributed by atoms with Crippen LogP contribution in [0.25, 0.3) is 0 Å². The largest absolute Gasteiger partial charge is 0.303 e. The van der Waals surface area contributed by atoms with Gasteiger partial charge in [0, 0.05) is 24.9 Å². The third kappa shape index (κ3) is 3.24. The summed E-state index contributed by atoms with van der Waals surface area (Å²) in [6.45, 7) is 7.84. The maximum absolute atomic E-state index is 2.81. The molecule has 5 aliphatic rings. The molecule has 0 saturated carbocycles. The highest BCUT2D eigenvalue weighted by atomic mass is 15.1. The fourth-order valence-corrected chi connectivity index (χ4v) is 7.27. The first-order valence-electron chi connectivity index (χ1n) is 12.5. The van der Waals surface area contributed by atoms with Crippen molar-refractivity contribution in [2.24, 2.45) is 11.8 Å². The summed E-state index contributed by atoms with van der Waals surface area (Å²) < 4.78 is 0. The second-order valence-corrected chi connectivity index (χ2v) is 10.3. The summed E-state index contributed by atoms with van der Waals surface area (Å²) in [5.74, 6) is 2.66. The molecule has 2 aliphatic heterocycles. The molecule has 2 nitrogen and oxygen atoms in total. The van der Waals surface area contributed by atoms with Gasteiger partial charge in [-0.25, -0.2) is 0 Å². The molecule has 2 heteroatoms. The summed E-state index contributed by atoms with van der Waals surface area (Å²) in [6.07, 6.45) is 8.43. The molecule has 0 spiro atoms. The average Bonchev–Trinajstić information content (AvgIpc) is 2.81. The fraction of sp³-hybridized carbons (Fsp3) is 0.571. The van der Waals surface area contributed by atoms with Gasteiger partial charge in [0.15, 0.2) is 0 Å². The van der Waals surface area contributed by atoms with E-state index in [1.165, 1.54) is 77.8 Å². The number of fused-ring (bicyclic) bond motifs is 1. The molecule has 0 aromatic heterocycles. The number of rotatable bonds is 4. The predicted molar refractivity (Wildman–Crippen MR) is 124 cm³/mol. The first-order valence-corrected chi connectivity index (χ1v) is 12.5. The SMILES string of the molecule is c1ccc2c(c1)C1c3ccccc3C2[C@H](CN2CCCCC2)[C@H]1CN1CCCCC1. The minimum atomic E-state index is 0.583. The van der Waals surface area contributed by atoms with E-state index < -0.39 is 0 Å². The zero-order chi connectivity index (χ0) is 19.9. The van der Waals surface area contributed by atoms with Crippen molar-refractivity contribution < 1.29 is 0 Å². The molecule has 158 valence electrons. The van der Waals surface area contributed by atoms with Gasteiger partial charge in [0.05, 0.1) is 0 Å². The Bertz CT molecular complexity index is 758. The van der Waals surface area contributed by atoms with Crippen molar-refractivity contribution in [1.82, 2.24) is 9.80 Å². The summed E-state index contributed by atoms with van der Waals surface area (Å²) in [4.78, 5) is 5.62. The lowest BCUT2D eigenvalue weighted by molar-refractivity contribution is 0.0912. The van der Waals surface area contributed by atoms with Crippen LogP contribution in [0.2, 0.25) is 0 Å². The van der Waals surface area contributed by atoms with Crippen molar-refractivity contribution in [2.75, 3.05) is 39.3 Å². The van der Waals surface area contributed by atoms with Crippen LogP contribution in [0.4, 0.5) is 0 Å². The average molecular weight is 401 g/mol. The molecular formula is C28H36N2. The standard InChI is InChI=1S/C28H36N2/c1-7-15-29(16-8-1)19-25-26(20-30-17-9-2-10-18-30)28-23-13-5-3-11-21(23)27(25)22-12-4-6-14-24(22)28/h3-6,11-14,25-28H,1-2,7-10,15-20H2/t25-,26-,27?,28?/m1/s1. The predicted octanol–water partition coefficient (Wildman–Crippen LogP) is 5.48. The van der Waals surface area contributed by atoms with E-state index in [2.05, 4.69) is 58.3 Å². The Labute approximate surface area is 182 Å². The highest BCUT2D eigenvalue weighted by molar-refractivity contribution is 5.56. The smallest absolute Gasteiger partial charge is 0.0139 e. The van der Waals surface area contributed by atoms with Gasteiger partial charge in [-0.2, -0.15) is 0 Å². The molecule has 2 heterocycles. The van der Waals surface area contributed by atoms with Crippen molar-refractivity contribution in [3.05, 3.63) is 70.8 Å². The van der Waals surface area contributed by atoms with Crippen molar-refractivity contribution in [1.29, 1.82) is 0 Å². The molecule has 0 N–H and O–H groups in total. The van der Waals surface area contributed by atoms with E-state index in [0.717, 1.165) is 11.8 Å². The van der Waals surface area contributed by atoms with Crippen LogP contribution < -0.4 is 0 Å². The van der Waals surface area contributed by atoms with E-state index in [1.54, 1.807) is 22.3 Å². The van der Waals surface area contributed by atoms with Gasteiger partial charge in [0.1, 0.15) is 0 Å². The van der Waals surface area contributed by atoms with E-state index in [1.807, 2.05) is 0 Å². The highest BCUT2D eigenvalue weighted by Gasteiger charge is 2.50. The number of hydrogen-bond acceptors (Lipinski definition) is 2. The zero-order valence-corrected chi connectivity index (χ0v) is 18.3. The molecule has 2 aromatic carbocycles. The van der Waals surface area contributed by atoms with Gasteiger partial charge in [-0.3, -0.25) is 0 Å². The molecular weight excluding hydrogens is 364 g/mol. The maximum Gasteiger partial charge on any atom is 0.0139 e. The Kier molecular flexibility index (Phi) is 5.17. The molecule has 0 radical (unpaired) electrons. The third-order valence-corrected chi connectivity index (χ3v) is 8.57. The van der Waals surface area contributed by atoms with E-state index >= 15 is 0 Å². The minimum Gasteiger partial charge on any atom is -0.303 e. The van der Waals surface area contributed by atoms with Crippen LogP contribution in [0.15, 0.2) is 48.5 Å². The summed E-state index contributed by atoms with van der Waals surface area (Å²) in [5.41, 5.74) is 6.55. The van der Waals surface area contributed by atoms with Crippen LogP contribution in [0.1, 0.15) is 72.6 Å². The second-order valence-electron chi connectivity index (χ2n) is 10.3. The van der Waals surface area contributed by atoms with Gasteiger partial charge in [0.2, 0.25) is 0 Å². The van der Waals surface area contributed by atoms with E-state index in [-0.39, 0.29) is 0 Å². The van der Waals surface area contributed by atoms with Crippen LogP contribution in [-0.2, 0) is 0 Å².